The van der Waals surface area contributed by atoms with Gasteiger partial charge in [0, 0.05) is 6.61 Å². The first-order chi connectivity index (χ1) is 7.32. The number of carbonyl (C=O) groups is 1. The van der Waals surface area contributed by atoms with Crippen molar-refractivity contribution in [1.29, 1.82) is 0 Å². The first-order valence-electron chi connectivity index (χ1n) is 5.51. The van der Waals surface area contributed by atoms with Gasteiger partial charge in [-0.15, -0.1) is 0 Å². The molecule has 0 aromatic carbocycles. The molecular formula is C11H18F2O3. The second-order valence-corrected chi connectivity index (χ2v) is 4.83. The fourth-order valence-electron chi connectivity index (χ4n) is 1.98. The van der Waals surface area contributed by atoms with E-state index in [2.05, 4.69) is 4.74 Å². The van der Waals surface area contributed by atoms with Crippen LogP contribution in [-0.2, 0) is 9.53 Å². The number of ether oxygens (including phenoxy) is 1. The van der Waals surface area contributed by atoms with Crippen LogP contribution in [0.1, 0.15) is 33.1 Å². The van der Waals surface area contributed by atoms with Gasteiger partial charge in [0.05, 0.1) is 0 Å². The van der Waals surface area contributed by atoms with Gasteiger partial charge >= 0.3 is 5.97 Å². The molecule has 0 aromatic heterocycles. The van der Waals surface area contributed by atoms with Gasteiger partial charge in [0.1, 0.15) is 12.0 Å². The van der Waals surface area contributed by atoms with Crippen LogP contribution in [0.15, 0.2) is 0 Å². The number of hydrogen-bond acceptors (Lipinski definition) is 2. The fourth-order valence-corrected chi connectivity index (χ4v) is 1.98. The fraction of sp³-hybridized carbons (Fsp3) is 0.909. The molecule has 5 heteroatoms. The van der Waals surface area contributed by atoms with Crippen molar-refractivity contribution in [3.8, 4) is 0 Å². The van der Waals surface area contributed by atoms with Crippen LogP contribution in [0.3, 0.4) is 0 Å². The highest BCUT2D eigenvalue weighted by Gasteiger charge is 2.60. The minimum Gasteiger partial charge on any atom is -0.481 e. The molecule has 0 radical (unpaired) electrons. The van der Waals surface area contributed by atoms with Crippen LogP contribution in [0.2, 0.25) is 0 Å². The molecule has 1 aliphatic rings. The van der Waals surface area contributed by atoms with Gasteiger partial charge in [-0.05, 0) is 25.2 Å². The summed E-state index contributed by atoms with van der Waals surface area (Å²) >= 11 is 0. The lowest BCUT2D eigenvalue weighted by Crippen LogP contribution is -2.54. The summed E-state index contributed by atoms with van der Waals surface area (Å²) in [6.07, 6.45) is 0.389. The summed E-state index contributed by atoms with van der Waals surface area (Å²) in [6.45, 7) is 3.11. The highest BCUT2D eigenvalue weighted by atomic mass is 19.3. The average molecular weight is 236 g/mol. The molecule has 1 fully saturated rings. The summed E-state index contributed by atoms with van der Waals surface area (Å²) in [7, 11) is 0. The van der Waals surface area contributed by atoms with Crippen molar-refractivity contribution in [2.24, 2.45) is 11.3 Å². The van der Waals surface area contributed by atoms with Crippen LogP contribution in [0.4, 0.5) is 8.78 Å². The Bertz CT molecular complexity index is 266. The van der Waals surface area contributed by atoms with Crippen molar-refractivity contribution in [2.45, 2.75) is 39.0 Å². The van der Waals surface area contributed by atoms with E-state index in [0.29, 0.717) is 6.42 Å². The van der Waals surface area contributed by atoms with Crippen LogP contribution in [0.25, 0.3) is 0 Å². The van der Waals surface area contributed by atoms with E-state index in [9.17, 15) is 13.6 Å². The smallest absolute Gasteiger partial charge is 0.315 e. The topological polar surface area (TPSA) is 46.5 Å². The second kappa shape index (κ2) is 4.65. The zero-order valence-corrected chi connectivity index (χ0v) is 9.63. The quantitative estimate of drug-likeness (QED) is 0.816. The maximum Gasteiger partial charge on any atom is 0.315 e. The zero-order chi connectivity index (χ0) is 12.4. The SMILES string of the molecule is CC(C)CCC1(C(=O)O)CCOCC1(F)F. The van der Waals surface area contributed by atoms with Crippen molar-refractivity contribution in [3.05, 3.63) is 0 Å². The van der Waals surface area contributed by atoms with Crippen molar-refractivity contribution in [2.75, 3.05) is 13.2 Å². The van der Waals surface area contributed by atoms with Gasteiger partial charge in [-0.2, -0.15) is 0 Å². The van der Waals surface area contributed by atoms with E-state index in [-0.39, 0.29) is 25.4 Å². The number of carboxylic acids is 1. The molecule has 94 valence electrons. The molecule has 0 spiro atoms. The maximum atomic E-state index is 13.7. The molecule has 1 heterocycles. The van der Waals surface area contributed by atoms with E-state index in [0.717, 1.165) is 0 Å². The number of halogens is 2. The maximum absolute atomic E-state index is 13.7. The Balaban J connectivity index is 2.89. The molecule has 3 nitrogen and oxygen atoms in total. The molecule has 0 saturated carbocycles. The molecule has 16 heavy (non-hydrogen) atoms. The van der Waals surface area contributed by atoms with Gasteiger partial charge in [-0.25, -0.2) is 8.78 Å². The van der Waals surface area contributed by atoms with Crippen molar-refractivity contribution in [1.82, 2.24) is 0 Å². The first kappa shape index (κ1) is 13.4. The van der Waals surface area contributed by atoms with Crippen LogP contribution >= 0.6 is 0 Å². The van der Waals surface area contributed by atoms with Crippen molar-refractivity contribution < 1.29 is 23.4 Å². The Morgan fingerprint density at radius 1 is 1.50 bits per heavy atom. The second-order valence-electron chi connectivity index (χ2n) is 4.83. The minimum atomic E-state index is -3.27. The van der Waals surface area contributed by atoms with E-state index >= 15 is 0 Å². The number of aliphatic carboxylic acids is 1. The van der Waals surface area contributed by atoms with Gasteiger partial charge in [0.15, 0.2) is 0 Å². The molecule has 1 N–H and O–H groups in total. The van der Waals surface area contributed by atoms with E-state index in [1.807, 2.05) is 13.8 Å². The molecule has 1 aliphatic heterocycles. The van der Waals surface area contributed by atoms with E-state index < -0.39 is 23.9 Å². The molecule has 1 unspecified atom stereocenters. The molecule has 1 saturated heterocycles. The molecule has 1 rings (SSSR count). The van der Waals surface area contributed by atoms with Crippen molar-refractivity contribution in [3.63, 3.8) is 0 Å². The zero-order valence-electron chi connectivity index (χ0n) is 9.63. The minimum absolute atomic E-state index is 0.0103. The van der Waals surface area contributed by atoms with E-state index in [4.69, 9.17) is 5.11 Å². The Morgan fingerprint density at radius 2 is 2.12 bits per heavy atom. The first-order valence-corrected chi connectivity index (χ1v) is 5.51. The predicted molar refractivity (Wildman–Crippen MR) is 54.5 cm³/mol. The van der Waals surface area contributed by atoms with E-state index in [1.54, 1.807) is 0 Å². The molecular weight excluding hydrogens is 218 g/mol. The highest BCUT2D eigenvalue weighted by Crippen LogP contribution is 2.47. The molecule has 1 atom stereocenters. The third-order valence-electron chi connectivity index (χ3n) is 3.21. The van der Waals surface area contributed by atoms with Gasteiger partial charge in [0.25, 0.3) is 5.92 Å². The Labute approximate surface area is 93.8 Å². The number of rotatable bonds is 4. The van der Waals surface area contributed by atoms with Crippen LogP contribution < -0.4 is 0 Å². The summed E-state index contributed by atoms with van der Waals surface area (Å²) in [5.74, 6) is -4.46. The number of carboxylic acid groups (broad SMARTS) is 1. The average Bonchev–Trinajstić information content (AvgIpc) is 2.15. The summed E-state index contributed by atoms with van der Waals surface area (Å²) in [6, 6.07) is 0. The predicted octanol–water partition coefficient (Wildman–Crippen LogP) is 2.55. The molecule has 0 amide bonds. The summed E-state index contributed by atoms with van der Waals surface area (Å²) in [5, 5.41) is 9.10. The van der Waals surface area contributed by atoms with E-state index in [1.165, 1.54) is 0 Å². The largest absolute Gasteiger partial charge is 0.481 e. The van der Waals surface area contributed by atoms with Gasteiger partial charge in [-0.1, -0.05) is 13.8 Å². The van der Waals surface area contributed by atoms with Crippen LogP contribution in [0.5, 0.6) is 0 Å². The lowest BCUT2D eigenvalue weighted by molar-refractivity contribution is -0.221. The Hall–Kier alpha value is -0.710. The Kier molecular flexibility index (Phi) is 3.88. The number of alkyl halides is 2. The van der Waals surface area contributed by atoms with Crippen LogP contribution in [0, 0.1) is 11.3 Å². The third-order valence-corrected chi connectivity index (χ3v) is 3.21. The summed E-state index contributed by atoms with van der Waals surface area (Å²) in [4.78, 5) is 11.2. The van der Waals surface area contributed by atoms with Crippen LogP contribution in [-0.4, -0.2) is 30.2 Å². The lowest BCUT2D eigenvalue weighted by Gasteiger charge is -2.40. The van der Waals surface area contributed by atoms with Gasteiger partial charge in [-0.3, -0.25) is 4.79 Å². The van der Waals surface area contributed by atoms with Crippen molar-refractivity contribution >= 4 is 5.97 Å². The van der Waals surface area contributed by atoms with Gasteiger partial charge < -0.3 is 9.84 Å². The normalized spacial score (nSPS) is 29.3. The molecule has 0 bridgehead atoms. The number of hydrogen-bond donors (Lipinski definition) is 1. The Morgan fingerprint density at radius 3 is 2.56 bits per heavy atom. The molecule has 0 aliphatic carbocycles. The lowest BCUT2D eigenvalue weighted by atomic mass is 9.72. The monoisotopic (exact) mass is 236 g/mol. The highest BCUT2D eigenvalue weighted by molar-refractivity contribution is 5.76. The summed E-state index contributed by atoms with van der Waals surface area (Å²) in [5.41, 5.74) is -1.93. The van der Waals surface area contributed by atoms with Gasteiger partial charge in [0.2, 0.25) is 0 Å². The molecule has 0 aromatic rings. The standard InChI is InChI=1S/C11H18F2O3/c1-8(2)3-4-10(9(14)15)5-6-16-7-11(10,12)13/h8H,3-7H2,1-2H3,(H,14,15). The summed E-state index contributed by atoms with van der Waals surface area (Å²) < 4.78 is 32.1. The third kappa shape index (κ3) is 2.34.